The molecular formula is C12H26O4. The number of hydrogen-bond donors (Lipinski definition) is 2. The first kappa shape index (κ1) is 15.8. The van der Waals surface area contributed by atoms with Crippen molar-refractivity contribution in [1.82, 2.24) is 0 Å². The van der Waals surface area contributed by atoms with Crippen molar-refractivity contribution in [3.8, 4) is 0 Å². The summed E-state index contributed by atoms with van der Waals surface area (Å²) in [6.45, 7) is 10.1. The van der Waals surface area contributed by atoms with Gasteiger partial charge in [0.2, 0.25) is 0 Å². The molecule has 0 spiro atoms. The molecule has 0 unspecified atom stereocenters. The average molecular weight is 234 g/mol. The molecule has 0 aromatic heterocycles. The molecule has 0 saturated carbocycles. The van der Waals surface area contributed by atoms with Gasteiger partial charge in [0, 0.05) is 10.8 Å². The lowest BCUT2D eigenvalue weighted by atomic mass is 9.96. The first-order valence-corrected chi connectivity index (χ1v) is 5.70. The van der Waals surface area contributed by atoms with Crippen molar-refractivity contribution in [2.75, 3.05) is 39.6 Å². The normalized spacial score (nSPS) is 13.1. The summed E-state index contributed by atoms with van der Waals surface area (Å²) in [5.41, 5.74) is -0.380. The van der Waals surface area contributed by atoms with Crippen LogP contribution < -0.4 is 0 Å². The van der Waals surface area contributed by atoms with E-state index in [4.69, 9.17) is 19.7 Å². The first-order chi connectivity index (χ1) is 7.33. The molecule has 0 radical (unpaired) electrons. The summed E-state index contributed by atoms with van der Waals surface area (Å²) in [6.07, 6.45) is 0. The highest BCUT2D eigenvalue weighted by atomic mass is 16.5. The van der Waals surface area contributed by atoms with Crippen molar-refractivity contribution in [2.24, 2.45) is 10.8 Å². The predicted molar refractivity (Wildman–Crippen MR) is 63.4 cm³/mol. The summed E-state index contributed by atoms with van der Waals surface area (Å²) < 4.78 is 10.8. The lowest BCUT2D eigenvalue weighted by molar-refractivity contribution is -0.0252. The molecule has 0 fully saturated rings. The van der Waals surface area contributed by atoms with Gasteiger partial charge < -0.3 is 19.7 Å². The molecule has 0 heterocycles. The molecule has 98 valence electrons. The molecule has 0 aromatic carbocycles. The molecule has 0 amide bonds. The maximum atomic E-state index is 9.00. The summed E-state index contributed by atoms with van der Waals surface area (Å²) in [5.74, 6) is 0. The molecule has 0 atom stereocenters. The summed E-state index contributed by atoms with van der Waals surface area (Å²) in [6, 6.07) is 0. The molecule has 0 aliphatic carbocycles. The van der Waals surface area contributed by atoms with Gasteiger partial charge in [-0.05, 0) is 0 Å². The molecular weight excluding hydrogens is 208 g/mol. The molecule has 0 aliphatic heterocycles. The van der Waals surface area contributed by atoms with E-state index >= 15 is 0 Å². The van der Waals surface area contributed by atoms with E-state index in [9.17, 15) is 0 Å². The van der Waals surface area contributed by atoms with Gasteiger partial charge >= 0.3 is 0 Å². The SMILES string of the molecule is CC(C)(CO)COCCOCC(C)(C)CO. The van der Waals surface area contributed by atoms with Crippen molar-refractivity contribution in [3.05, 3.63) is 0 Å². The Labute approximate surface area is 98.6 Å². The summed E-state index contributed by atoms with van der Waals surface area (Å²) in [4.78, 5) is 0. The van der Waals surface area contributed by atoms with Crippen LogP contribution in [0.25, 0.3) is 0 Å². The fourth-order valence-electron chi connectivity index (χ4n) is 0.906. The fraction of sp³-hybridized carbons (Fsp3) is 1.00. The quantitative estimate of drug-likeness (QED) is 0.586. The zero-order valence-corrected chi connectivity index (χ0v) is 11.0. The Morgan fingerprint density at radius 3 is 1.31 bits per heavy atom. The maximum absolute atomic E-state index is 9.00. The van der Waals surface area contributed by atoms with Crippen LogP contribution in [0.3, 0.4) is 0 Å². The highest BCUT2D eigenvalue weighted by Crippen LogP contribution is 2.14. The number of aliphatic hydroxyl groups excluding tert-OH is 2. The fourth-order valence-corrected chi connectivity index (χ4v) is 0.906. The summed E-state index contributed by atoms with van der Waals surface area (Å²) in [7, 11) is 0. The van der Waals surface area contributed by atoms with Crippen LogP contribution in [0.1, 0.15) is 27.7 Å². The average Bonchev–Trinajstić information content (AvgIpc) is 2.23. The van der Waals surface area contributed by atoms with Gasteiger partial charge in [0.25, 0.3) is 0 Å². The molecule has 2 N–H and O–H groups in total. The van der Waals surface area contributed by atoms with E-state index in [2.05, 4.69) is 0 Å². The van der Waals surface area contributed by atoms with Gasteiger partial charge in [-0.2, -0.15) is 0 Å². The van der Waals surface area contributed by atoms with E-state index in [0.29, 0.717) is 26.4 Å². The zero-order valence-electron chi connectivity index (χ0n) is 11.0. The van der Waals surface area contributed by atoms with Crippen molar-refractivity contribution >= 4 is 0 Å². The van der Waals surface area contributed by atoms with Gasteiger partial charge in [-0.15, -0.1) is 0 Å². The third-order valence-electron chi connectivity index (χ3n) is 2.21. The lowest BCUT2D eigenvalue weighted by Gasteiger charge is -2.23. The van der Waals surface area contributed by atoms with Crippen molar-refractivity contribution in [3.63, 3.8) is 0 Å². The third-order valence-corrected chi connectivity index (χ3v) is 2.21. The van der Waals surface area contributed by atoms with Gasteiger partial charge in [-0.1, -0.05) is 27.7 Å². The van der Waals surface area contributed by atoms with E-state index in [1.807, 2.05) is 27.7 Å². The molecule has 4 nitrogen and oxygen atoms in total. The Morgan fingerprint density at radius 1 is 0.750 bits per heavy atom. The lowest BCUT2D eigenvalue weighted by Crippen LogP contribution is -2.26. The Kier molecular flexibility index (Phi) is 7.15. The minimum absolute atomic E-state index is 0.116. The van der Waals surface area contributed by atoms with Crippen LogP contribution >= 0.6 is 0 Å². The molecule has 0 aliphatic rings. The maximum Gasteiger partial charge on any atom is 0.0700 e. The standard InChI is InChI=1S/C12H26O4/c1-11(2,7-13)9-15-5-6-16-10-12(3,4)8-14/h13-14H,5-10H2,1-4H3. The van der Waals surface area contributed by atoms with Crippen LogP contribution in [0.5, 0.6) is 0 Å². The molecule has 0 aromatic rings. The molecule has 16 heavy (non-hydrogen) atoms. The Hall–Kier alpha value is -0.160. The van der Waals surface area contributed by atoms with Gasteiger partial charge in [0.15, 0.2) is 0 Å². The number of aliphatic hydroxyl groups is 2. The minimum Gasteiger partial charge on any atom is -0.396 e. The summed E-state index contributed by atoms with van der Waals surface area (Å²) in [5, 5.41) is 18.0. The Bertz CT molecular complexity index is 158. The largest absolute Gasteiger partial charge is 0.396 e. The topological polar surface area (TPSA) is 58.9 Å². The van der Waals surface area contributed by atoms with E-state index in [1.165, 1.54) is 0 Å². The van der Waals surface area contributed by atoms with Gasteiger partial charge in [-0.25, -0.2) is 0 Å². The van der Waals surface area contributed by atoms with Crippen molar-refractivity contribution in [2.45, 2.75) is 27.7 Å². The van der Waals surface area contributed by atoms with E-state index in [0.717, 1.165) is 0 Å². The van der Waals surface area contributed by atoms with Crippen LogP contribution in [0.4, 0.5) is 0 Å². The number of rotatable bonds is 9. The number of ether oxygens (including phenoxy) is 2. The molecule has 0 saturated heterocycles. The zero-order chi connectivity index (χ0) is 12.7. The van der Waals surface area contributed by atoms with Crippen LogP contribution in [0.2, 0.25) is 0 Å². The van der Waals surface area contributed by atoms with Crippen LogP contribution in [-0.2, 0) is 9.47 Å². The van der Waals surface area contributed by atoms with E-state index in [1.54, 1.807) is 0 Å². The van der Waals surface area contributed by atoms with Crippen LogP contribution in [-0.4, -0.2) is 49.9 Å². The highest BCUT2D eigenvalue weighted by Gasteiger charge is 2.17. The first-order valence-electron chi connectivity index (χ1n) is 5.70. The highest BCUT2D eigenvalue weighted by molar-refractivity contribution is 4.66. The second-order valence-corrected chi connectivity index (χ2v) is 5.75. The monoisotopic (exact) mass is 234 g/mol. The molecule has 0 bridgehead atoms. The van der Waals surface area contributed by atoms with Gasteiger partial charge in [0.1, 0.15) is 0 Å². The second-order valence-electron chi connectivity index (χ2n) is 5.75. The van der Waals surface area contributed by atoms with Crippen LogP contribution in [0, 0.1) is 10.8 Å². The molecule has 0 rings (SSSR count). The Balaban J connectivity index is 3.42. The third kappa shape index (κ3) is 8.05. The minimum atomic E-state index is -0.190. The summed E-state index contributed by atoms with van der Waals surface area (Å²) >= 11 is 0. The second kappa shape index (κ2) is 7.22. The predicted octanol–water partition coefficient (Wildman–Crippen LogP) is 1.06. The van der Waals surface area contributed by atoms with Crippen molar-refractivity contribution in [1.29, 1.82) is 0 Å². The van der Waals surface area contributed by atoms with Crippen LogP contribution in [0.15, 0.2) is 0 Å². The number of hydrogen-bond acceptors (Lipinski definition) is 4. The molecule has 4 heteroatoms. The van der Waals surface area contributed by atoms with Gasteiger partial charge in [0.05, 0.1) is 39.6 Å². The van der Waals surface area contributed by atoms with E-state index < -0.39 is 0 Å². The van der Waals surface area contributed by atoms with Gasteiger partial charge in [-0.3, -0.25) is 0 Å². The van der Waals surface area contributed by atoms with E-state index in [-0.39, 0.29) is 24.0 Å². The van der Waals surface area contributed by atoms with Crippen molar-refractivity contribution < 1.29 is 19.7 Å². The Morgan fingerprint density at radius 2 is 1.06 bits per heavy atom. The smallest absolute Gasteiger partial charge is 0.0700 e.